The van der Waals surface area contributed by atoms with Crippen LogP contribution in [-0.2, 0) is 4.79 Å². The summed E-state index contributed by atoms with van der Waals surface area (Å²) in [5.41, 5.74) is 0.863. The van der Waals surface area contributed by atoms with Crippen LogP contribution in [0.15, 0.2) is 30.3 Å². The van der Waals surface area contributed by atoms with Gasteiger partial charge in [0.2, 0.25) is 5.91 Å². The molecule has 1 aliphatic heterocycles. The average molecular weight is 275 g/mol. The van der Waals surface area contributed by atoms with Gasteiger partial charge in [-0.25, -0.2) is 0 Å². The van der Waals surface area contributed by atoms with Crippen molar-refractivity contribution in [2.45, 2.75) is 32.4 Å². The molecule has 3 atom stereocenters. The minimum Gasteiger partial charge on any atom is -0.325 e. The number of carbonyl (C=O) groups excluding carboxylic acids is 1. The smallest absolute Gasteiger partial charge is 0.241 e. The first kappa shape index (κ1) is 15.0. The molecule has 2 N–H and O–H groups in total. The molecule has 1 aliphatic rings. The van der Waals surface area contributed by atoms with Crippen molar-refractivity contribution in [3.05, 3.63) is 30.3 Å². The van der Waals surface area contributed by atoms with Crippen LogP contribution < -0.4 is 10.6 Å². The number of anilines is 1. The Morgan fingerprint density at radius 3 is 2.65 bits per heavy atom. The Balaban J connectivity index is 1.91. The third-order valence-corrected chi connectivity index (χ3v) is 4.28. The maximum absolute atomic E-state index is 12.3. The molecule has 1 aromatic rings. The van der Waals surface area contributed by atoms with Crippen LogP contribution in [0.4, 0.5) is 5.69 Å². The van der Waals surface area contributed by atoms with E-state index in [0.717, 1.165) is 25.2 Å². The van der Waals surface area contributed by atoms with Gasteiger partial charge in [-0.2, -0.15) is 0 Å². The number of carbonyl (C=O) groups is 1. The molecule has 20 heavy (non-hydrogen) atoms. The highest BCUT2D eigenvalue weighted by molar-refractivity contribution is 5.94. The van der Waals surface area contributed by atoms with Crippen molar-refractivity contribution in [1.29, 1.82) is 0 Å². The van der Waals surface area contributed by atoms with Crippen LogP contribution in [0.5, 0.6) is 0 Å². The standard InChI is InChI=1S/C16H25N3O/c1-12-11-19(10-9-15(12)17-3)13(2)16(20)18-14-7-5-4-6-8-14/h4-8,12-13,15,17H,9-11H2,1-3H3,(H,18,20). The molecule has 0 spiro atoms. The lowest BCUT2D eigenvalue weighted by atomic mass is 9.93. The zero-order valence-electron chi connectivity index (χ0n) is 12.6. The van der Waals surface area contributed by atoms with Gasteiger partial charge in [-0.05, 0) is 38.4 Å². The SMILES string of the molecule is CNC1CCN(C(C)C(=O)Nc2ccccc2)CC1C. The first-order valence-electron chi connectivity index (χ1n) is 7.39. The maximum atomic E-state index is 12.3. The third-order valence-electron chi connectivity index (χ3n) is 4.28. The lowest BCUT2D eigenvalue weighted by molar-refractivity contribution is -0.121. The predicted molar refractivity (Wildman–Crippen MR) is 82.7 cm³/mol. The monoisotopic (exact) mass is 275 g/mol. The highest BCUT2D eigenvalue weighted by Gasteiger charge is 2.30. The van der Waals surface area contributed by atoms with E-state index in [1.54, 1.807) is 0 Å². The molecule has 1 aromatic carbocycles. The second kappa shape index (κ2) is 6.86. The summed E-state index contributed by atoms with van der Waals surface area (Å²) in [4.78, 5) is 14.6. The van der Waals surface area contributed by atoms with E-state index in [9.17, 15) is 4.79 Å². The van der Waals surface area contributed by atoms with E-state index < -0.39 is 0 Å². The molecule has 1 amide bonds. The van der Waals surface area contributed by atoms with Crippen LogP contribution in [0, 0.1) is 5.92 Å². The van der Waals surface area contributed by atoms with Crippen LogP contribution in [-0.4, -0.2) is 43.0 Å². The third kappa shape index (κ3) is 3.58. The van der Waals surface area contributed by atoms with Crippen LogP contribution in [0.2, 0.25) is 0 Å². The van der Waals surface area contributed by atoms with Gasteiger partial charge in [-0.1, -0.05) is 25.1 Å². The average Bonchev–Trinajstić information content (AvgIpc) is 2.47. The molecule has 1 saturated heterocycles. The Morgan fingerprint density at radius 2 is 2.05 bits per heavy atom. The fourth-order valence-corrected chi connectivity index (χ4v) is 2.89. The largest absolute Gasteiger partial charge is 0.325 e. The zero-order chi connectivity index (χ0) is 14.5. The number of benzene rings is 1. The van der Waals surface area contributed by atoms with Gasteiger partial charge in [-0.3, -0.25) is 9.69 Å². The molecule has 4 heteroatoms. The molecule has 3 unspecified atom stereocenters. The Kier molecular flexibility index (Phi) is 5.15. The molecule has 2 rings (SSSR count). The van der Waals surface area contributed by atoms with Crippen molar-refractivity contribution in [1.82, 2.24) is 10.2 Å². The fraction of sp³-hybridized carbons (Fsp3) is 0.562. The number of nitrogens with zero attached hydrogens (tertiary/aromatic N) is 1. The molecule has 1 heterocycles. The maximum Gasteiger partial charge on any atom is 0.241 e. The number of para-hydroxylation sites is 1. The Bertz CT molecular complexity index is 435. The Hall–Kier alpha value is -1.39. The minimum atomic E-state index is -0.0875. The molecule has 110 valence electrons. The number of amides is 1. The summed E-state index contributed by atoms with van der Waals surface area (Å²) in [5.74, 6) is 0.645. The van der Waals surface area contributed by atoms with Crippen molar-refractivity contribution in [3.63, 3.8) is 0 Å². The summed E-state index contributed by atoms with van der Waals surface area (Å²) >= 11 is 0. The number of likely N-dealkylation sites (tertiary alicyclic amines) is 1. The first-order valence-corrected chi connectivity index (χ1v) is 7.39. The summed E-state index contributed by atoms with van der Waals surface area (Å²) in [5, 5.41) is 6.34. The molecular formula is C16H25N3O. The topological polar surface area (TPSA) is 44.4 Å². The zero-order valence-corrected chi connectivity index (χ0v) is 12.6. The highest BCUT2D eigenvalue weighted by Crippen LogP contribution is 2.19. The molecule has 0 aliphatic carbocycles. The summed E-state index contributed by atoms with van der Waals surface area (Å²) in [7, 11) is 2.02. The van der Waals surface area contributed by atoms with E-state index in [1.165, 1.54) is 0 Å². The summed E-state index contributed by atoms with van der Waals surface area (Å²) < 4.78 is 0. The van der Waals surface area contributed by atoms with Crippen molar-refractivity contribution in [2.75, 3.05) is 25.5 Å². The second-order valence-electron chi connectivity index (χ2n) is 5.69. The normalized spacial score (nSPS) is 25.1. The van der Waals surface area contributed by atoms with Crippen LogP contribution >= 0.6 is 0 Å². The lowest BCUT2D eigenvalue weighted by Gasteiger charge is -2.39. The Labute approximate surface area is 121 Å². The molecule has 0 radical (unpaired) electrons. The molecule has 0 aromatic heterocycles. The van der Waals surface area contributed by atoms with E-state index in [0.29, 0.717) is 12.0 Å². The van der Waals surface area contributed by atoms with E-state index in [1.807, 2.05) is 44.3 Å². The molecule has 0 saturated carbocycles. The molecule has 4 nitrogen and oxygen atoms in total. The quantitative estimate of drug-likeness (QED) is 0.882. The Morgan fingerprint density at radius 1 is 1.35 bits per heavy atom. The van der Waals surface area contributed by atoms with Crippen molar-refractivity contribution in [3.8, 4) is 0 Å². The van der Waals surface area contributed by atoms with Gasteiger partial charge in [-0.15, -0.1) is 0 Å². The van der Waals surface area contributed by atoms with Gasteiger partial charge in [0.15, 0.2) is 0 Å². The molecule has 1 fully saturated rings. The fourth-order valence-electron chi connectivity index (χ4n) is 2.89. The van der Waals surface area contributed by atoms with Gasteiger partial charge < -0.3 is 10.6 Å². The van der Waals surface area contributed by atoms with Crippen molar-refractivity contribution in [2.24, 2.45) is 5.92 Å². The van der Waals surface area contributed by atoms with E-state index in [-0.39, 0.29) is 11.9 Å². The van der Waals surface area contributed by atoms with Gasteiger partial charge in [0.25, 0.3) is 0 Å². The number of nitrogens with one attached hydrogen (secondary N) is 2. The van der Waals surface area contributed by atoms with E-state index >= 15 is 0 Å². The summed E-state index contributed by atoms with van der Waals surface area (Å²) in [6.07, 6.45) is 1.10. The van der Waals surface area contributed by atoms with E-state index in [2.05, 4.69) is 22.5 Å². The minimum absolute atomic E-state index is 0.0753. The highest BCUT2D eigenvalue weighted by atomic mass is 16.2. The van der Waals surface area contributed by atoms with E-state index in [4.69, 9.17) is 0 Å². The summed E-state index contributed by atoms with van der Waals surface area (Å²) in [6, 6.07) is 10.1. The lowest BCUT2D eigenvalue weighted by Crippen LogP contribution is -2.52. The van der Waals surface area contributed by atoms with Crippen molar-refractivity contribution >= 4 is 11.6 Å². The first-order chi connectivity index (χ1) is 9.61. The van der Waals surface area contributed by atoms with Gasteiger partial charge in [0.05, 0.1) is 6.04 Å². The number of rotatable bonds is 4. The van der Waals surface area contributed by atoms with Crippen molar-refractivity contribution < 1.29 is 4.79 Å². The number of hydrogen-bond acceptors (Lipinski definition) is 3. The molecule has 0 bridgehead atoms. The predicted octanol–water partition coefficient (Wildman–Crippen LogP) is 1.94. The van der Waals surface area contributed by atoms with Gasteiger partial charge in [0, 0.05) is 24.8 Å². The number of hydrogen-bond donors (Lipinski definition) is 2. The van der Waals surface area contributed by atoms with Crippen LogP contribution in [0.3, 0.4) is 0 Å². The van der Waals surface area contributed by atoms with Crippen LogP contribution in [0.25, 0.3) is 0 Å². The molecular weight excluding hydrogens is 250 g/mol. The van der Waals surface area contributed by atoms with Crippen LogP contribution in [0.1, 0.15) is 20.3 Å². The van der Waals surface area contributed by atoms with Gasteiger partial charge >= 0.3 is 0 Å². The van der Waals surface area contributed by atoms with Gasteiger partial charge in [0.1, 0.15) is 0 Å². The summed E-state index contributed by atoms with van der Waals surface area (Å²) in [6.45, 7) is 6.17. The second-order valence-corrected chi connectivity index (χ2v) is 5.69. The number of piperidine rings is 1.